The maximum atomic E-state index is 12.4. The summed E-state index contributed by atoms with van der Waals surface area (Å²) in [5.41, 5.74) is 7.95. The average Bonchev–Trinajstić information content (AvgIpc) is 2.34. The summed E-state index contributed by atoms with van der Waals surface area (Å²) in [6.45, 7) is 8.27. The van der Waals surface area contributed by atoms with E-state index in [4.69, 9.17) is 10.5 Å². The van der Waals surface area contributed by atoms with Gasteiger partial charge in [-0.2, -0.15) is 0 Å². The van der Waals surface area contributed by atoms with Gasteiger partial charge in [-0.05, 0) is 32.4 Å². The van der Waals surface area contributed by atoms with E-state index in [1.54, 1.807) is 11.0 Å². The Bertz CT molecular complexity index is 385. The van der Waals surface area contributed by atoms with Gasteiger partial charge in [-0.3, -0.25) is 4.79 Å². The predicted octanol–water partition coefficient (Wildman–Crippen LogP) is 2.08. The minimum absolute atomic E-state index is 0.0206. The fraction of sp³-hybridized carbons (Fsp3) is 0.500. The third-order valence-electron chi connectivity index (χ3n) is 2.90. The molecular weight excluding hydrogens is 228 g/mol. The van der Waals surface area contributed by atoms with Crippen LogP contribution in [-0.4, -0.2) is 37.1 Å². The summed E-state index contributed by atoms with van der Waals surface area (Å²) in [6.07, 6.45) is 0. The van der Waals surface area contributed by atoms with Crippen molar-refractivity contribution in [3.05, 3.63) is 29.3 Å². The van der Waals surface area contributed by atoms with Crippen LogP contribution in [0.15, 0.2) is 18.2 Å². The molecule has 0 saturated carbocycles. The molecule has 0 saturated heterocycles. The number of benzene rings is 1. The van der Waals surface area contributed by atoms with Crippen LogP contribution < -0.4 is 5.73 Å². The number of aryl methyl sites for hydroxylation is 1. The lowest BCUT2D eigenvalue weighted by Crippen LogP contribution is -2.34. The molecule has 0 radical (unpaired) electrons. The van der Waals surface area contributed by atoms with Gasteiger partial charge < -0.3 is 15.4 Å². The molecule has 1 amide bonds. The van der Waals surface area contributed by atoms with E-state index < -0.39 is 0 Å². The second-order valence-electron chi connectivity index (χ2n) is 4.12. The number of nitrogens with zero attached hydrogens (tertiary/aromatic N) is 1. The average molecular weight is 250 g/mol. The fourth-order valence-corrected chi connectivity index (χ4v) is 1.86. The highest BCUT2D eigenvalue weighted by Gasteiger charge is 2.18. The van der Waals surface area contributed by atoms with Crippen LogP contribution in [0.3, 0.4) is 0 Å². The van der Waals surface area contributed by atoms with E-state index in [0.717, 1.165) is 5.56 Å². The molecule has 0 spiro atoms. The zero-order chi connectivity index (χ0) is 13.5. The summed E-state index contributed by atoms with van der Waals surface area (Å²) in [5, 5.41) is 0. The van der Waals surface area contributed by atoms with Crippen molar-refractivity contribution in [2.75, 3.05) is 32.0 Å². The molecule has 0 aromatic heterocycles. The van der Waals surface area contributed by atoms with Crippen molar-refractivity contribution in [2.45, 2.75) is 20.8 Å². The first-order valence-electron chi connectivity index (χ1n) is 6.33. The molecule has 0 aliphatic heterocycles. The third kappa shape index (κ3) is 3.47. The molecule has 0 aliphatic rings. The summed E-state index contributed by atoms with van der Waals surface area (Å²) in [4.78, 5) is 14.2. The van der Waals surface area contributed by atoms with Gasteiger partial charge >= 0.3 is 0 Å². The van der Waals surface area contributed by atoms with Crippen molar-refractivity contribution in [2.24, 2.45) is 0 Å². The van der Waals surface area contributed by atoms with Crippen molar-refractivity contribution < 1.29 is 9.53 Å². The number of nitrogens with two attached hydrogens (primary N) is 1. The van der Waals surface area contributed by atoms with Crippen LogP contribution in [0.2, 0.25) is 0 Å². The van der Waals surface area contributed by atoms with Gasteiger partial charge in [0.2, 0.25) is 0 Å². The van der Waals surface area contributed by atoms with Gasteiger partial charge in [0, 0.05) is 25.4 Å². The van der Waals surface area contributed by atoms with Crippen molar-refractivity contribution in [3.63, 3.8) is 0 Å². The quantitative estimate of drug-likeness (QED) is 0.621. The third-order valence-corrected chi connectivity index (χ3v) is 2.90. The molecule has 18 heavy (non-hydrogen) atoms. The summed E-state index contributed by atoms with van der Waals surface area (Å²) in [7, 11) is 0. The largest absolute Gasteiger partial charge is 0.398 e. The number of amides is 1. The molecule has 0 heterocycles. The molecule has 1 aromatic carbocycles. The van der Waals surface area contributed by atoms with Gasteiger partial charge in [-0.25, -0.2) is 0 Å². The standard InChI is InChI=1S/C14H22N2O2/c1-4-16(9-10-18-5-2)14(17)13-11(3)7-6-8-12(13)15/h6-8H,4-5,9-10,15H2,1-3H3. The first-order valence-corrected chi connectivity index (χ1v) is 6.33. The monoisotopic (exact) mass is 250 g/mol. The normalized spacial score (nSPS) is 10.4. The van der Waals surface area contributed by atoms with Crippen LogP contribution in [0.5, 0.6) is 0 Å². The fourth-order valence-electron chi connectivity index (χ4n) is 1.86. The molecule has 0 bridgehead atoms. The van der Waals surface area contributed by atoms with Crippen molar-refractivity contribution >= 4 is 11.6 Å². The molecule has 1 rings (SSSR count). The Balaban J connectivity index is 2.83. The highest BCUT2D eigenvalue weighted by Crippen LogP contribution is 2.18. The molecule has 0 fully saturated rings. The number of likely N-dealkylation sites (N-methyl/N-ethyl adjacent to an activating group) is 1. The first kappa shape index (κ1) is 14.5. The van der Waals surface area contributed by atoms with Gasteiger partial charge in [0.05, 0.1) is 12.2 Å². The lowest BCUT2D eigenvalue weighted by atomic mass is 10.1. The van der Waals surface area contributed by atoms with Gasteiger partial charge in [-0.1, -0.05) is 12.1 Å². The zero-order valence-corrected chi connectivity index (χ0v) is 11.4. The minimum atomic E-state index is -0.0206. The Morgan fingerprint density at radius 1 is 1.39 bits per heavy atom. The van der Waals surface area contributed by atoms with Crippen molar-refractivity contribution in [1.82, 2.24) is 4.90 Å². The second kappa shape index (κ2) is 7.01. The highest BCUT2D eigenvalue weighted by atomic mass is 16.5. The Hall–Kier alpha value is -1.55. The lowest BCUT2D eigenvalue weighted by Gasteiger charge is -2.22. The molecule has 0 aliphatic carbocycles. The zero-order valence-electron chi connectivity index (χ0n) is 11.4. The Kier molecular flexibility index (Phi) is 5.65. The molecule has 1 aromatic rings. The summed E-state index contributed by atoms with van der Waals surface area (Å²) < 4.78 is 5.29. The van der Waals surface area contributed by atoms with Crippen LogP contribution in [0.4, 0.5) is 5.69 Å². The molecule has 2 N–H and O–H groups in total. The summed E-state index contributed by atoms with van der Waals surface area (Å²) in [5.74, 6) is -0.0206. The van der Waals surface area contributed by atoms with Crippen LogP contribution in [0.25, 0.3) is 0 Å². The van der Waals surface area contributed by atoms with E-state index in [9.17, 15) is 4.79 Å². The van der Waals surface area contributed by atoms with Crippen molar-refractivity contribution in [3.8, 4) is 0 Å². The lowest BCUT2D eigenvalue weighted by molar-refractivity contribution is 0.0669. The second-order valence-corrected chi connectivity index (χ2v) is 4.12. The number of hydrogen-bond donors (Lipinski definition) is 1. The van der Waals surface area contributed by atoms with E-state index >= 15 is 0 Å². The van der Waals surface area contributed by atoms with Gasteiger partial charge in [0.1, 0.15) is 0 Å². The van der Waals surface area contributed by atoms with Gasteiger partial charge in [0.25, 0.3) is 5.91 Å². The maximum Gasteiger partial charge on any atom is 0.256 e. The number of ether oxygens (including phenoxy) is 1. The minimum Gasteiger partial charge on any atom is -0.398 e. The number of anilines is 1. The Labute approximate surface area is 109 Å². The number of rotatable bonds is 6. The molecule has 4 nitrogen and oxygen atoms in total. The predicted molar refractivity (Wildman–Crippen MR) is 73.7 cm³/mol. The topological polar surface area (TPSA) is 55.6 Å². The molecule has 4 heteroatoms. The number of carbonyl (C=O) groups is 1. The van der Waals surface area contributed by atoms with Gasteiger partial charge in [0.15, 0.2) is 0 Å². The summed E-state index contributed by atoms with van der Waals surface area (Å²) >= 11 is 0. The first-order chi connectivity index (χ1) is 8.61. The number of hydrogen-bond acceptors (Lipinski definition) is 3. The van der Waals surface area contributed by atoms with Gasteiger partial charge in [-0.15, -0.1) is 0 Å². The maximum absolute atomic E-state index is 12.4. The van der Waals surface area contributed by atoms with Crippen LogP contribution >= 0.6 is 0 Å². The highest BCUT2D eigenvalue weighted by molar-refractivity contribution is 6.00. The smallest absolute Gasteiger partial charge is 0.256 e. The Morgan fingerprint density at radius 2 is 2.11 bits per heavy atom. The van der Waals surface area contributed by atoms with E-state index in [-0.39, 0.29) is 5.91 Å². The van der Waals surface area contributed by atoms with E-state index in [1.807, 2.05) is 32.9 Å². The molecule has 100 valence electrons. The molecular formula is C14H22N2O2. The van der Waals surface area contributed by atoms with E-state index in [2.05, 4.69) is 0 Å². The molecule has 0 atom stereocenters. The van der Waals surface area contributed by atoms with E-state index in [1.165, 1.54) is 0 Å². The Morgan fingerprint density at radius 3 is 2.67 bits per heavy atom. The SMILES string of the molecule is CCOCCN(CC)C(=O)c1c(C)cccc1N. The van der Waals surface area contributed by atoms with Crippen LogP contribution in [0, 0.1) is 6.92 Å². The number of nitrogen functional groups attached to an aromatic ring is 1. The molecule has 0 unspecified atom stereocenters. The van der Waals surface area contributed by atoms with Crippen LogP contribution in [-0.2, 0) is 4.74 Å². The number of carbonyl (C=O) groups excluding carboxylic acids is 1. The van der Waals surface area contributed by atoms with Crippen LogP contribution in [0.1, 0.15) is 29.8 Å². The summed E-state index contributed by atoms with van der Waals surface area (Å²) in [6, 6.07) is 5.52. The van der Waals surface area contributed by atoms with Crippen molar-refractivity contribution in [1.29, 1.82) is 0 Å². The van der Waals surface area contributed by atoms with E-state index in [0.29, 0.717) is 37.6 Å².